The molecule has 1 saturated heterocycles. The van der Waals surface area contributed by atoms with Crippen molar-refractivity contribution in [3.05, 3.63) is 54.1 Å². The van der Waals surface area contributed by atoms with Crippen LogP contribution in [0.3, 0.4) is 0 Å². The number of nitrogens with zero attached hydrogens (tertiary/aromatic N) is 1. The fourth-order valence-electron chi connectivity index (χ4n) is 3.47. The SMILES string of the molecule is COc1ccc(C2CCCN2CCNS(=O)(=O)c2cccc(OC)c2)cc1. The molecule has 27 heavy (non-hydrogen) atoms. The fourth-order valence-corrected chi connectivity index (χ4v) is 4.53. The predicted molar refractivity (Wildman–Crippen MR) is 105 cm³/mol. The summed E-state index contributed by atoms with van der Waals surface area (Å²) in [6.45, 7) is 2.00. The molecule has 0 spiro atoms. The highest BCUT2D eigenvalue weighted by Crippen LogP contribution is 2.32. The second kappa shape index (κ2) is 8.73. The molecule has 1 heterocycles. The van der Waals surface area contributed by atoms with E-state index in [1.54, 1.807) is 25.3 Å². The number of rotatable bonds is 8. The van der Waals surface area contributed by atoms with Crippen LogP contribution >= 0.6 is 0 Å². The van der Waals surface area contributed by atoms with E-state index >= 15 is 0 Å². The second-order valence-electron chi connectivity index (χ2n) is 6.54. The Kier molecular flexibility index (Phi) is 6.36. The molecule has 0 amide bonds. The molecule has 7 heteroatoms. The maximum Gasteiger partial charge on any atom is 0.240 e. The zero-order valence-electron chi connectivity index (χ0n) is 15.7. The average molecular weight is 391 g/mol. The molecule has 0 aliphatic carbocycles. The van der Waals surface area contributed by atoms with Gasteiger partial charge < -0.3 is 9.47 Å². The summed E-state index contributed by atoms with van der Waals surface area (Å²) < 4.78 is 38.0. The van der Waals surface area contributed by atoms with Gasteiger partial charge in [-0.15, -0.1) is 0 Å². The minimum atomic E-state index is -3.55. The van der Waals surface area contributed by atoms with Crippen LogP contribution in [0, 0.1) is 0 Å². The van der Waals surface area contributed by atoms with Gasteiger partial charge in [0, 0.05) is 25.2 Å². The molecule has 0 bridgehead atoms. The van der Waals surface area contributed by atoms with E-state index in [1.165, 1.54) is 18.7 Å². The number of ether oxygens (including phenoxy) is 2. The van der Waals surface area contributed by atoms with Crippen LogP contribution < -0.4 is 14.2 Å². The minimum absolute atomic E-state index is 0.218. The molecular formula is C20H26N2O4S. The van der Waals surface area contributed by atoms with E-state index in [0.29, 0.717) is 24.9 Å². The first-order valence-corrected chi connectivity index (χ1v) is 10.5. The Morgan fingerprint density at radius 3 is 2.52 bits per heavy atom. The third-order valence-electron chi connectivity index (χ3n) is 4.91. The highest BCUT2D eigenvalue weighted by Gasteiger charge is 2.26. The molecule has 1 unspecified atom stereocenters. The van der Waals surface area contributed by atoms with Crippen molar-refractivity contribution < 1.29 is 17.9 Å². The molecule has 1 atom stereocenters. The third kappa shape index (κ3) is 4.80. The Bertz CT molecular complexity index is 853. The highest BCUT2D eigenvalue weighted by molar-refractivity contribution is 7.89. The van der Waals surface area contributed by atoms with Gasteiger partial charge in [0.2, 0.25) is 10.0 Å². The number of sulfonamides is 1. The molecule has 0 aromatic heterocycles. The van der Waals surface area contributed by atoms with Gasteiger partial charge >= 0.3 is 0 Å². The van der Waals surface area contributed by atoms with Crippen molar-refractivity contribution in [2.24, 2.45) is 0 Å². The summed E-state index contributed by atoms with van der Waals surface area (Å²) in [5.41, 5.74) is 1.24. The van der Waals surface area contributed by atoms with Gasteiger partial charge in [0.05, 0.1) is 19.1 Å². The number of benzene rings is 2. The van der Waals surface area contributed by atoms with Crippen molar-refractivity contribution in [2.45, 2.75) is 23.8 Å². The van der Waals surface area contributed by atoms with Crippen LogP contribution in [0.25, 0.3) is 0 Å². The van der Waals surface area contributed by atoms with Crippen molar-refractivity contribution in [1.29, 1.82) is 0 Å². The predicted octanol–water partition coefficient (Wildman–Crippen LogP) is 2.82. The van der Waals surface area contributed by atoms with Crippen molar-refractivity contribution >= 4 is 10.0 Å². The van der Waals surface area contributed by atoms with E-state index in [0.717, 1.165) is 25.1 Å². The quantitative estimate of drug-likeness (QED) is 0.751. The van der Waals surface area contributed by atoms with Crippen molar-refractivity contribution in [2.75, 3.05) is 33.9 Å². The molecule has 146 valence electrons. The van der Waals surface area contributed by atoms with Crippen LogP contribution in [0.2, 0.25) is 0 Å². The van der Waals surface area contributed by atoms with Gasteiger partial charge in [-0.25, -0.2) is 13.1 Å². The first-order chi connectivity index (χ1) is 13.0. The Labute approximate surface area is 161 Å². The maximum atomic E-state index is 12.5. The van der Waals surface area contributed by atoms with Gasteiger partial charge in [0.1, 0.15) is 11.5 Å². The molecule has 6 nitrogen and oxygen atoms in total. The molecule has 2 aromatic rings. The molecule has 2 aromatic carbocycles. The Balaban J connectivity index is 1.60. The molecule has 1 fully saturated rings. The number of hydrogen-bond acceptors (Lipinski definition) is 5. The molecular weight excluding hydrogens is 364 g/mol. The van der Waals surface area contributed by atoms with E-state index in [2.05, 4.69) is 21.8 Å². The van der Waals surface area contributed by atoms with Crippen LogP contribution in [0.15, 0.2) is 53.4 Å². The molecule has 0 radical (unpaired) electrons. The monoisotopic (exact) mass is 390 g/mol. The van der Waals surface area contributed by atoms with Crippen LogP contribution in [0.5, 0.6) is 11.5 Å². The van der Waals surface area contributed by atoms with E-state index in [1.807, 2.05) is 12.1 Å². The van der Waals surface area contributed by atoms with E-state index in [9.17, 15) is 8.42 Å². The van der Waals surface area contributed by atoms with Crippen LogP contribution in [-0.2, 0) is 10.0 Å². The number of methoxy groups -OCH3 is 2. The van der Waals surface area contributed by atoms with Crippen molar-refractivity contribution in [3.63, 3.8) is 0 Å². The summed E-state index contributed by atoms with van der Waals surface area (Å²) in [6, 6.07) is 14.9. The average Bonchev–Trinajstić information content (AvgIpc) is 3.16. The summed E-state index contributed by atoms with van der Waals surface area (Å²) in [5, 5.41) is 0. The Hall–Kier alpha value is -2.09. The van der Waals surface area contributed by atoms with Crippen LogP contribution in [0.1, 0.15) is 24.4 Å². The zero-order valence-corrected chi connectivity index (χ0v) is 16.5. The highest BCUT2D eigenvalue weighted by atomic mass is 32.2. The van der Waals surface area contributed by atoms with Gasteiger partial charge in [-0.05, 0) is 49.2 Å². The standard InChI is InChI=1S/C20H26N2O4S/c1-25-17-10-8-16(9-11-17)20-7-4-13-22(20)14-12-21-27(23,24)19-6-3-5-18(15-19)26-2/h3,5-6,8-11,15,20-21H,4,7,12-14H2,1-2H3. The summed E-state index contributed by atoms with van der Waals surface area (Å²) in [4.78, 5) is 2.55. The number of likely N-dealkylation sites (tertiary alicyclic amines) is 1. The summed E-state index contributed by atoms with van der Waals surface area (Å²) in [7, 11) is -0.371. The lowest BCUT2D eigenvalue weighted by Crippen LogP contribution is -2.34. The van der Waals surface area contributed by atoms with Gasteiger partial charge in [0.15, 0.2) is 0 Å². The fraction of sp³-hybridized carbons (Fsp3) is 0.400. The zero-order chi connectivity index (χ0) is 19.3. The van der Waals surface area contributed by atoms with E-state index < -0.39 is 10.0 Å². The summed E-state index contributed by atoms with van der Waals surface area (Å²) in [6.07, 6.45) is 2.19. The normalized spacial score (nSPS) is 17.8. The lowest BCUT2D eigenvalue weighted by Gasteiger charge is -2.25. The molecule has 3 rings (SSSR count). The topological polar surface area (TPSA) is 67.9 Å². The largest absolute Gasteiger partial charge is 0.497 e. The first-order valence-electron chi connectivity index (χ1n) is 9.05. The van der Waals surface area contributed by atoms with Gasteiger partial charge in [0.25, 0.3) is 0 Å². The minimum Gasteiger partial charge on any atom is -0.497 e. The lowest BCUT2D eigenvalue weighted by molar-refractivity contribution is 0.261. The van der Waals surface area contributed by atoms with Crippen molar-refractivity contribution in [1.82, 2.24) is 9.62 Å². The molecule has 0 saturated carbocycles. The summed E-state index contributed by atoms with van der Waals surface area (Å²) >= 11 is 0. The third-order valence-corrected chi connectivity index (χ3v) is 6.37. The maximum absolute atomic E-state index is 12.5. The van der Waals surface area contributed by atoms with Crippen LogP contribution in [0.4, 0.5) is 0 Å². The number of hydrogen-bond donors (Lipinski definition) is 1. The molecule has 1 aliphatic heterocycles. The smallest absolute Gasteiger partial charge is 0.240 e. The molecule has 1 aliphatic rings. The summed E-state index contributed by atoms with van der Waals surface area (Å²) in [5.74, 6) is 1.37. The molecule has 1 N–H and O–H groups in total. The van der Waals surface area contributed by atoms with Crippen LogP contribution in [-0.4, -0.2) is 47.2 Å². The van der Waals surface area contributed by atoms with E-state index in [4.69, 9.17) is 9.47 Å². The van der Waals surface area contributed by atoms with Gasteiger partial charge in [-0.1, -0.05) is 18.2 Å². The second-order valence-corrected chi connectivity index (χ2v) is 8.31. The lowest BCUT2D eigenvalue weighted by atomic mass is 10.0. The first kappa shape index (κ1) is 19.7. The Morgan fingerprint density at radius 2 is 1.81 bits per heavy atom. The van der Waals surface area contributed by atoms with Gasteiger partial charge in [-0.2, -0.15) is 0 Å². The number of nitrogens with one attached hydrogen (secondary N) is 1. The Morgan fingerprint density at radius 1 is 1.07 bits per heavy atom. The van der Waals surface area contributed by atoms with E-state index in [-0.39, 0.29) is 4.90 Å². The van der Waals surface area contributed by atoms with Crippen molar-refractivity contribution in [3.8, 4) is 11.5 Å². The van der Waals surface area contributed by atoms with Gasteiger partial charge in [-0.3, -0.25) is 4.90 Å².